The standard InChI is InChI=1S/C18H21NO2/c1-15(2)18(20)19(13-16-9-5-3-6-10-16)21-14-17-11-7-4-8-12-17/h3-12,15H,13-14H2,1-2H3. The fraction of sp³-hybridized carbons (Fsp3) is 0.278. The molecule has 21 heavy (non-hydrogen) atoms. The largest absolute Gasteiger partial charge is 0.272 e. The van der Waals surface area contributed by atoms with Crippen molar-refractivity contribution in [2.75, 3.05) is 0 Å². The summed E-state index contributed by atoms with van der Waals surface area (Å²) >= 11 is 0. The van der Waals surface area contributed by atoms with Crippen LogP contribution in [-0.4, -0.2) is 11.0 Å². The van der Waals surface area contributed by atoms with Gasteiger partial charge in [0.2, 0.25) is 5.91 Å². The van der Waals surface area contributed by atoms with Crippen LogP contribution >= 0.6 is 0 Å². The molecule has 0 aliphatic rings. The van der Waals surface area contributed by atoms with Crippen molar-refractivity contribution in [2.45, 2.75) is 27.0 Å². The summed E-state index contributed by atoms with van der Waals surface area (Å²) in [5.41, 5.74) is 2.10. The van der Waals surface area contributed by atoms with E-state index in [1.54, 1.807) is 0 Å². The van der Waals surface area contributed by atoms with Crippen LogP contribution in [0.25, 0.3) is 0 Å². The molecular weight excluding hydrogens is 262 g/mol. The molecule has 0 atom stereocenters. The quantitative estimate of drug-likeness (QED) is 0.755. The first kappa shape index (κ1) is 15.3. The summed E-state index contributed by atoms with van der Waals surface area (Å²) in [6.45, 7) is 4.62. The summed E-state index contributed by atoms with van der Waals surface area (Å²) in [5.74, 6) is -0.0979. The fourth-order valence-corrected chi connectivity index (χ4v) is 1.95. The Morgan fingerprint density at radius 3 is 2.00 bits per heavy atom. The molecular formula is C18H21NO2. The number of carbonyl (C=O) groups is 1. The number of hydroxylamine groups is 2. The lowest BCUT2D eigenvalue weighted by Gasteiger charge is -2.24. The zero-order valence-corrected chi connectivity index (χ0v) is 12.5. The van der Waals surface area contributed by atoms with E-state index in [2.05, 4.69) is 0 Å². The van der Waals surface area contributed by atoms with Gasteiger partial charge in [0.05, 0.1) is 6.54 Å². The molecule has 0 bridgehead atoms. The van der Waals surface area contributed by atoms with Crippen LogP contribution in [0.1, 0.15) is 25.0 Å². The van der Waals surface area contributed by atoms with Crippen molar-refractivity contribution in [3.8, 4) is 0 Å². The summed E-state index contributed by atoms with van der Waals surface area (Å²) < 4.78 is 0. The maximum atomic E-state index is 12.3. The highest BCUT2D eigenvalue weighted by molar-refractivity contribution is 5.77. The Balaban J connectivity index is 2.04. The van der Waals surface area contributed by atoms with Gasteiger partial charge in [0.25, 0.3) is 0 Å². The molecule has 2 aromatic rings. The molecule has 0 aliphatic heterocycles. The minimum absolute atomic E-state index is 0.00483. The predicted molar refractivity (Wildman–Crippen MR) is 83.1 cm³/mol. The lowest BCUT2D eigenvalue weighted by atomic mass is 10.2. The molecule has 3 heteroatoms. The zero-order chi connectivity index (χ0) is 15.1. The molecule has 0 spiro atoms. The highest BCUT2D eigenvalue weighted by atomic mass is 16.7. The van der Waals surface area contributed by atoms with Crippen molar-refractivity contribution in [3.63, 3.8) is 0 Å². The first-order chi connectivity index (χ1) is 10.2. The van der Waals surface area contributed by atoms with Crippen LogP contribution in [0.4, 0.5) is 0 Å². The Hall–Kier alpha value is -2.13. The third kappa shape index (κ3) is 4.72. The third-order valence-electron chi connectivity index (χ3n) is 3.14. The van der Waals surface area contributed by atoms with Crippen LogP contribution in [0.2, 0.25) is 0 Å². The fourth-order valence-electron chi connectivity index (χ4n) is 1.95. The van der Waals surface area contributed by atoms with Gasteiger partial charge in [-0.1, -0.05) is 74.5 Å². The number of hydrogen-bond acceptors (Lipinski definition) is 2. The van der Waals surface area contributed by atoms with E-state index >= 15 is 0 Å². The van der Waals surface area contributed by atoms with E-state index in [1.807, 2.05) is 74.5 Å². The average Bonchev–Trinajstić information content (AvgIpc) is 2.52. The summed E-state index contributed by atoms with van der Waals surface area (Å²) in [6, 6.07) is 19.7. The van der Waals surface area contributed by atoms with E-state index in [0.717, 1.165) is 11.1 Å². The van der Waals surface area contributed by atoms with Crippen LogP contribution < -0.4 is 0 Å². The van der Waals surface area contributed by atoms with Gasteiger partial charge >= 0.3 is 0 Å². The first-order valence-electron chi connectivity index (χ1n) is 7.19. The van der Waals surface area contributed by atoms with Crippen LogP contribution in [-0.2, 0) is 22.8 Å². The van der Waals surface area contributed by atoms with Gasteiger partial charge in [0.15, 0.2) is 0 Å². The first-order valence-corrected chi connectivity index (χ1v) is 7.19. The highest BCUT2D eigenvalue weighted by Gasteiger charge is 2.18. The minimum atomic E-state index is -0.0931. The van der Waals surface area contributed by atoms with Gasteiger partial charge in [-0.15, -0.1) is 0 Å². The molecule has 0 heterocycles. The molecule has 0 aliphatic carbocycles. The Morgan fingerprint density at radius 1 is 0.952 bits per heavy atom. The van der Waals surface area contributed by atoms with Gasteiger partial charge in [-0.25, -0.2) is 5.06 Å². The Morgan fingerprint density at radius 2 is 1.48 bits per heavy atom. The molecule has 0 N–H and O–H groups in total. The molecule has 0 saturated carbocycles. The van der Waals surface area contributed by atoms with E-state index in [4.69, 9.17) is 4.84 Å². The van der Waals surface area contributed by atoms with Crippen molar-refractivity contribution in [2.24, 2.45) is 5.92 Å². The number of nitrogens with zero attached hydrogens (tertiary/aromatic N) is 1. The Kier molecular flexibility index (Phi) is 5.52. The maximum Gasteiger partial charge on any atom is 0.248 e. The molecule has 3 nitrogen and oxygen atoms in total. The molecule has 2 aromatic carbocycles. The lowest BCUT2D eigenvalue weighted by molar-refractivity contribution is -0.198. The molecule has 1 amide bonds. The van der Waals surface area contributed by atoms with Crippen molar-refractivity contribution in [1.29, 1.82) is 0 Å². The normalized spacial score (nSPS) is 10.6. The number of carbonyl (C=O) groups excluding carboxylic acids is 1. The van der Waals surface area contributed by atoms with Crippen LogP contribution in [0.3, 0.4) is 0 Å². The third-order valence-corrected chi connectivity index (χ3v) is 3.14. The number of rotatable bonds is 6. The molecule has 0 fully saturated rings. The van der Waals surface area contributed by atoms with Crippen molar-refractivity contribution < 1.29 is 9.63 Å². The SMILES string of the molecule is CC(C)C(=O)N(Cc1ccccc1)OCc1ccccc1. The van der Waals surface area contributed by atoms with E-state index in [0.29, 0.717) is 13.2 Å². The number of hydrogen-bond donors (Lipinski definition) is 0. The highest BCUT2D eigenvalue weighted by Crippen LogP contribution is 2.12. The van der Waals surface area contributed by atoms with Crippen molar-refractivity contribution >= 4 is 5.91 Å². The molecule has 0 radical (unpaired) electrons. The van der Waals surface area contributed by atoms with E-state index in [-0.39, 0.29) is 11.8 Å². The van der Waals surface area contributed by atoms with Gasteiger partial charge in [0, 0.05) is 5.92 Å². The van der Waals surface area contributed by atoms with Gasteiger partial charge in [0.1, 0.15) is 6.61 Å². The Labute approximate surface area is 126 Å². The molecule has 0 aromatic heterocycles. The van der Waals surface area contributed by atoms with Gasteiger partial charge in [-0.3, -0.25) is 9.63 Å². The van der Waals surface area contributed by atoms with Crippen LogP contribution in [0.5, 0.6) is 0 Å². The second kappa shape index (κ2) is 7.60. The van der Waals surface area contributed by atoms with Crippen LogP contribution in [0, 0.1) is 5.92 Å². The Bertz CT molecular complexity index is 552. The van der Waals surface area contributed by atoms with E-state index in [9.17, 15) is 4.79 Å². The van der Waals surface area contributed by atoms with Gasteiger partial charge in [-0.05, 0) is 11.1 Å². The summed E-state index contributed by atoms with van der Waals surface area (Å²) in [5, 5.41) is 1.47. The average molecular weight is 283 g/mol. The lowest BCUT2D eigenvalue weighted by Crippen LogP contribution is -2.33. The molecule has 0 unspecified atom stereocenters. The minimum Gasteiger partial charge on any atom is -0.272 e. The van der Waals surface area contributed by atoms with Gasteiger partial charge in [-0.2, -0.15) is 0 Å². The van der Waals surface area contributed by atoms with E-state index < -0.39 is 0 Å². The van der Waals surface area contributed by atoms with Crippen molar-refractivity contribution in [1.82, 2.24) is 5.06 Å². The maximum absolute atomic E-state index is 12.3. The summed E-state index contributed by atoms with van der Waals surface area (Å²) in [7, 11) is 0. The van der Waals surface area contributed by atoms with E-state index in [1.165, 1.54) is 5.06 Å². The predicted octanol–water partition coefficient (Wildman–Crippen LogP) is 3.80. The smallest absolute Gasteiger partial charge is 0.248 e. The molecule has 110 valence electrons. The summed E-state index contributed by atoms with van der Waals surface area (Å²) in [4.78, 5) is 18.0. The number of benzene rings is 2. The summed E-state index contributed by atoms with van der Waals surface area (Å²) in [6.07, 6.45) is 0. The topological polar surface area (TPSA) is 29.5 Å². The number of amides is 1. The second-order valence-electron chi connectivity index (χ2n) is 5.27. The second-order valence-corrected chi connectivity index (χ2v) is 5.27. The van der Waals surface area contributed by atoms with Gasteiger partial charge < -0.3 is 0 Å². The van der Waals surface area contributed by atoms with Crippen LogP contribution in [0.15, 0.2) is 60.7 Å². The van der Waals surface area contributed by atoms with Crippen molar-refractivity contribution in [3.05, 3.63) is 71.8 Å². The molecule has 2 rings (SSSR count). The monoisotopic (exact) mass is 283 g/mol. The molecule has 0 saturated heterocycles. The zero-order valence-electron chi connectivity index (χ0n) is 12.5.